The molecular weight excluding hydrogens is 444 g/mol. The van der Waals surface area contributed by atoms with E-state index in [9.17, 15) is 14.7 Å². The molecule has 176 valence electrons. The van der Waals surface area contributed by atoms with E-state index in [1.54, 1.807) is 25.3 Å². The first-order valence-corrected chi connectivity index (χ1v) is 11.3. The first-order valence-electron chi connectivity index (χ1n) is 11.3. The molecule has 2 N–H and O–H groups in total. The van der Waals surface area contributed by atoms with E-state index in [1.807, 2.05) is 54.7 Å². The number of nitrogens with zero attached hydrogens (tertiary/aromatic N) is 1. The quantitative estimate of drug-likeness (QED) is 0.355. The lowest BCUT2D eigenvalue weighted by Gasteiger charge is -2.24. The Hall–Kier alpha value is -4.52. The number of nitrogens with one attached hydrogen (secondary N) is 1. The maximum absolute atomic E-state index is 13.2. The van der Waals surface area contributed by atoms with Crippen molar-refractivity contribution in [3.8, 4) is 5.75 Å². The van der Waals surface area contributed by atoms with Gasteiger partial charge in [0.15, 0.2) is 11.5 Å². The van der Waals surface area contributed by atoms with E-state index in [0.29, 0.717) is 12.2 Å². The number of carbonyl (C=O) groups excluding carboxylic acids is 2. The van der Waals surface area contributed by atoms with E-state index in [4.69, 9.17) is 9.15 Å². The number of benzene rings is 2. The van der Waals surface area contributed by atoms with Gasteiger partial charge in [-0.1, -0.05) is 36.4 Å². The van der Waals surface area contributed by atoms with Crippen molar-refractivity contribution in [1.29, 1.82) is 0 Å². The summed E-state index contributed by atoms with van der Waals surface area (Å²) in [5.74, 6) is -0.434. The fourth-order valence-electron chi connectivity index (χ4n) is 4.44. The summed E-state index contributed by atoms with van der Waals surface area (Å²) in [5.41, 5.74) is 2.80. The topological polar surface area (TPSA) is 95.8 Å². The number of aromatic amines is 1. The zero-order chi connectivity index (χ0) is 24.4. The van der Waals surface area contributed by atoms with Crippen LogP contribution in [0.5, 0.6) is 5.75 Å². The molecule has 5 rings (SSSR count). The van der Waals surface area contributed by atoms with Crippen LogP contribution in [0.4, 0.5) is 0 Å². The first-order chi connectivity index (χ1) is 17.1. The summed E-state index contributed by atoms with van der Waals surface area (Å²) in [4.78, 5) is 31.0. The van der Waals surface area contributed by atoms with Gasteiger partial charge in [-0.05, 0) is 54.0 Å². The number of furan rings is 1. The van der Waals surface area contributed by atoms with Crippen molar-refractivity contribution in [3.05, 3.63) is 107 Å². The smallest absolute Gasteiger partial charge is 0.290 e. The molecule has 35 heavy (non-hydrogen) atoms. The second kappa shape index (κ2) is 9.38. The molecule has 1 aliphatic heterocycles. The molecule has 1 amide bonds. The molecule has 3 heterocycles. The number of fused-ring (bicyclic) bond motifs is 1. The van der Waals surface area contributed by atoms with Gasteiger partial charge in [-0.3, -0.25) is 9.59 Å². The molecule has 0 saturated carbocycles. The normalized spacial score (nSPS) is 16.1. The Bertz CT molecular complexity index is 1430. The van der Waals surface area contributed by atoms with Crippen LogP contribution in [0.2, 0.25) is 0 Å². The Balaban J connectivity index is 1.43. The average Bonchev–Trinajstić information content (AvgIpc) is 3.61. The van der Waals surface area contributed by atoms with Gasteiger partial charge in [0, 0.05) is 23.6 Å². The van der Waals surface area contributed by atoms with E-state index < -0.39 is 23.5 Å². The minimum atomic E-state index is -0.815. The standard InChI is InChI=1S/C28H24N2O5/c1-34-20-10-11-22-21(16-20)19(17-29-22)13-14-30-26(24-8-5-15-35-24)25(27(32)28(30)33)23(31)12-9-18-6-3-2-4-7-18/h2-12,15-17,26,29,32H,13-14H2,1H3/b12-9+/t26-/m1/s1. The highest BCUT2D eigenvalue weighted by Crippen LogP contribution is 2.38. The number of aliphatic hydroxyl groups is 1. The number of hydrogen-bond donors (Lipinski definition) is 2. The molecule has 0 fully saturated rings. The zero-order valence-electron chi connectivity index (χ0n) is 19.1. The number of aromatic nitrogens is 1. The third kappa shape index (κ3) is 4.24. The molecule has 0 radical (unpaired) electrons. The number of ketones is 1. The van der Waals surface area contributed by atoms with Crippen LogP contribution in [-0.4, -0.2) is 40.3 Å². The van der Waals surface area contributed by atoms with Crippen molar-refractivity contribution in [2.24, 2.45) is 0 Å². The van der Waals surface area contributed by atoms with Crippen molar-refractivity contribution in [1.82, 2.24) is 9.88 Å². The summed E-state index contributed by atoms with van der Waals surface area (Å²) in [6.07, 6.45) is 6.92. The SMILES string of the molecule is COc1ccc2[nH]cc(CCN3C(=O)C(O)=C(C(=O)/C=C/c4ccccc4)[C@H]3c3ccco3)c2c1. The zero-order valence-corrected chi connectivity index (χ0v) is 19.1. The minimum absolute atomic E-state index is 0.0118. The van der Waals surface area contributed by atoms with Crippen LogP contribution in [-0.2, 0) is 16.0 Å². The predicted molar refractivity (Wildman–Crippen MR) is 132 cm³/mol. The third-order valence-corrected chi connectivity index (χ3v) is 6.21. The maximum Gasteiger partial charge on any atom is 0.290 e. The highest BCUT2D eigenvalue weighted by atomic mass is 16.5. The van der Waals surface area contributed by atoms with Crippen LogP contribution >= 0.6 is 0 Å². The van der Waals surface area contributed by atoms with Crippen molar-refractivity contribution < 1.29 is 23.8 Å². The molecule has 2 aromatic heterocycles. The van der Waals surface area contributed by atoms with E-state index >= 15 is 0 Å². The summed E-state index contributed by atoms with van der Waals surface area (Å²) in [6, 6.07) is 17.7. The molecule has 0 unspecified atom stereocenters. The Morgan fingerprint density at radius 1 is 1.17 bits per heavy atom. The lowest BCUT2D eigenvalue weighted by Crippen LogP contribution is -2.32. The van der Waals surface area contributed by atoms with Gasteiger partial charge >= 0.3 is 0 Å². The van der Waals surface area contributed by atoms with Crippen molar-refractivity contribution in [2.45, 2.75) is 12.5 Å². The van der Waals surface area contributed by atoms with Crippen LogP contribution in [0, 0.1) is 0 Å². The van der Waals surface area contributed by atoms with Crippen LogP contribution in [0.1, 0.15) is 22.9 Å². The van der Waals surface area contributed by atoms with Gasteiger partial charge in [0.1, 0.15) is 17.6 Å². The van der Waals surface area contributed by atoms with E-state index in [-0.39, 0.29) is 12.1 Å². The Labute approximate surface area is 201 Å². The fraction of sp³-hybridized carbons (Fsp3) is 0.143. The summed E-state index contributed by atoms with van der Waals surface area (Å²) < 4.78 is 10.9. The molecule has 0 spiro atoms. The van der Waals surface area contributed by atoms with Gasteiger partial charge in [-0.2, -0.15) is 0 Å². The van der Waals surface area contributed by atoms with Crippen LogP contribution in [0.3, 0.4) is 0 Å². The molecule has 2 aromatic carbocycles. The number of allylic oxidation sites excluding steroid dienone is 1. The number of hydrogen-bond acceptors (Lipinski definition) is 5. The minimum Gasteiger partial charge on any atom is -0.503 e. The number of aliphatic hydroxyl groups excluding tert-OH is 1. The van der Waals surface area contributed by atoms with Crippen molar-refractivity contribution in [3.63, 3.8) is 0 Å². The summed E-state index contributed by atoms with van der Waals surface area (Å²) in [7, 11) is 1.61. The van der Waals surface area contributed by atoms with E-state index in [2.05, 4.69) is 4.98 Å². The summed E-state index contributed by atoms with van der Waals surface area (Å²) in [5, 5.41) is 11.7. The molecule has 1 aliphatic rings. The van der Waals surface area contributed by atoms with Crippen molar-refractivity contribution in [2.75, 3.05) is 13.7 Å². The number of methoxy groups -OCH3 is 1. The highest BCUT2D eigenvalue weighted by molar-refractivity contribution is 6.14. The number of H-pyrrole nitrogens is 1. The first kappa shape index (κ1) is 22.3. The highest BCUT2D eigenvalue weighted by Gasteiger charge is 2.44. The number of ether oxygens (including phenoxy) is 1. The van der Waals surface area contributed by atoms with Gasteiger partial charge in [-0.15, -0.1) is 0 Å². The number of rotatable bonds is 8. The van der Waals surface area contributed by atoms with Crippen molar-refractivity contribution >= 4 is 28.7 Å². The molecule has 7 nitrogen and oxygen atoms in total. The third-order valence-electron chi connectivity index (χ3n) is 6.21. The van der Waals surface area contributed by atoms with Crippen LogP contribution in [0.25, 0.3) is 17.0 Å². The summed E-state index contributed by atoms with van der Waals surface area (Å²) in [6.45, 7) is 0.275. The Morgan fingerprint density at radius 2 is 2.00 bits per heavy atom. The lowest BCUT2D eigenvalue weighted by atomic mass is 10.00. The number of amides is 1. The molecule has 0 aliphatic carbocycles. The monoisotopic (exact) mass is 468 g/mol. The average molecular weight is 469 g/mol. The van der Waals surface area contributed by atoms with Gasteiger partial charge in [0.2, 0.25) is 0 Å². The molecular formula is C28H24N2O5. The lowest BCUT2D eigenvalue weighted by molar-refractivity contribution is -0.129. The second-order valence-electron chi connectivity index (χ2n) is 8.26. The molecule has 0 saturated heterocycles. The van der Waals surface area contributed by atoms with Gasteiger partial charge < -0.3 is 24.1 Å². The van der Waals surface area contributed by atoms with Crippen LogP contribution < -0.4 is 4.74 Å². The molecule has 4 aromatic rings. The molecule has 1 atom stereocenters. The molecule has 0 bridgehead atoms. The van der Waals surface area contributed by atoms with Gasteiger partial charge in [-0.25, -0.2) is 0 Å². The Kier molecular flexibility index (Phi) is 5.97. The largest absolute Gasteiger partial charge is 0.503 e. The second-order valence-corrected chi connectivity index (χ2v) is 8.26. The predicted octanol–water partition coefficient (Wildman–Crippen LogP) is 4.99. The molecule has 7 heteroatoms. The van der Waals surface area contributed by atoms with E-state index in [0.717, 1.165) is 27.8 Å². The number of carbonyl (C=O) groups is 2. The van der Waals surface area contributed by atoms with Gasteiger partial charge in [0.05, 0.1) is 18.9 Å². The maximum atomic E-state index is 13.2. The van der Waals surface area contributed by atoms with Crippen LogP contribution in [0.15, 0.2) is 94.9 Å². The summed E-state index contributed by atoms with van der Waals surface area (Å²) >= 11 is 0. The Morgan fingerprint density at radius 3 is 2.74 bits per heavy atom. The van der Waals surface area contributed by atoms with E-state index in [1.165, 1.54) is 17.2 Å². The fourth-order valence-corrected chi connectivity index (χ4v) is 4.44. The van der Waals surface area contributed by atoms with Gasteiger partial charge in [0.25, 0.3) is 5.91 Å².